The molecule has 0 bridgehead atoms. The Hall–Kier alpha value is -4.20. The lowest BCUT2D eigenvalue weighted by atomic mass is 10.1. The number of nitrogens with one attached hydrogen (secondary N) is 1. The molecular weight excluding hydrogens is 386 g/mol. The molecule has 3 aromatic carbocycles. The number of carbonyl (C=O) groups is 4. The van der Waals surface area contributed by atoms with Gasteiger partial charge in [-0.2, -0.15) is 0 Å². The van der Waals surface area contributed by atoms with E-state index in [2.05, 4.69) is 5.32 Å². The number of rotatable bonds is 4. The highest BCUT2D eigenvalue weighted by Gasteiger charge is 2.38. The van der Waals surface area contributed by atoms with Gasteiger partial charge in [-0.1, -0.05) is 53.6 Å². The van der Waals surface area contributed by atoms with E-state index in [0.717, 1.165) is 15.7 Å². The number of hydrogen-bond donors (Lipinski definition) is 1. The fourth-order valence-electron chi connectivity index (χ4n) is 3.19. The number of hydrogen-bond acceptors (Lipinski definition) is 5. The topological polar surface area (TPSA) is 96.0 Å². The van der Waals surface area contributed by atoms with Crippen molar-refractivity contribution in [1.29, 1.82) is 0 Å². The van der Waals surface area contributed by atoms with Gasteiger partial charge in [0.05, 0.1) is 16.8 Å². The highest BCUT2D eigenvalue weighted by atomic mass is 16.7. The Bertz CT molecular complexity index is 1150. The smallest absolute Gasteiger partial charge is 0.328 e. The minimum Gasteiger partial charge on any atom is -0.328 e. The van der Waals surface area contributed by atoms with Crippen molar-refractivity contribution in [2.75, 3.05) is 18.9 Å². The molecule has 30 heavy (non-hydrogen) atoms. The van der Waals surface area contributed by atoms with Crippen molar-refractivity contribution in [3.05, 3.63) is 77.9 Å². The van der Waals surface area contributed by atoms with Crippen LogP contribution in [-0.4, -0.2) is 47.4 Å². The van der Waals surface area contributed by atoms with E-state index in [9.17, 15) is 19.2 Å². The maximum Gasteiger partial charge on any atom is 0.352 e. The van der Waals surface area contributed by atoms with Gasteiger partial charge in [-0.25, -0.2) is 9.59 Å². The number of benzene rings is 3. The number of nitrogens with zero attached hydrogens (tertiary/aromatic N) is 2. The van der Waals surface area contributed by atoms with Crippen molar-refractivity contribution >= 4 is 40.3 Å². The van der Waals surface area contributed by atoms with E-state index in [-0.39, 0.29) is 11.1 Å². The summed E-state index contributed by atoms with van der Waals surface area (Å²) < 4.78 is 0. The molecule has 1 heterocycles. The largest absolute Gasteiger partial charge is 0.352 e. The lowest BCUT2D eigenvalue weighted by Crippen LogP contribution is -2.40. The van der Waals surface area contributed by atoms with E-state index < -0.39 is 30.4 Å². The molecule has 0 aliphatic carbocycles. The number of anilines is 1. The Balaban J connectivity index is 1.40. The normalized spacial score (nSPS) is 12.6. The first-order chi connectivity index (χ1) is 14.5. The summed E-state index contributed by atoms with van der Waals surface area (Å²) in [7, 11) is 1.41. The van der Waals surface area contributed by atoms with Crippen molar-refractivity contribution in [2.24, 2.45) is 0 Å². The first-order valence-electron chi connectivity index (χ1n) is 9.14. The van der Waals surface area contributed by atoms with Crippen molar-refractivity contribution in [2.45, 2.75) is 0 Å². The van der Waals surface area contributed by atoms with Crippen molar-refractivity contribution in [3.8, 4) is 0 Å². The molecule has 1 N–H and O–H groups in total. The second kappa shape index (κ2) is 7.67. The quantitative estimate of drug-likeness (QED) is 0.676. The number of fused-ring (bicyclic) bond motifs is 2. The zero-order valence-corrected chi connectivity index (χ0v) is 16.0. The van der Waals surface area contributed by atoms with Gasteiger partial charge in [0.2, 0.25) is 0 Å². The number of hydroxylamine groups is 2. The molecule has 8 heteroatoms. The van der Waals surface area contributed by atoms with E-state index in [0.29, 0.717) is 10.8 Å². The number of amides is 4. The van der Waals surface area contributed by atoms with Crippen molar-refractivity contribution < 1.29 is 24.0 Å². The molecule has 150 valence electrons. The molecule has 0 saturated heterocycles. The number of imide groups is 1. The van der Waals surface area contributed by atoms with Crippen LogP contribution in [0.2, 0.25) is 0 Å². The molecule has 8 nitrogen and oxygen atoms in total. The second-order valence-electron chi connectivity index (χ2n) is 6.73. The molecule has 0 unspecified atom stereocenters. The molecule has 3 aromatic rings. The number of carbonyl (C=O) groups excluding carboxylic acids is 4. The van der Waals surface area contributed by atoms with Crippen LogP contribution in [0.1, 0.15) is 20.7 Å². The molecule has 0 fully saturated rings. The first kappa shape index (κ1) is 19.1. The minimum atomic E-state index is -0.917. The SMILES string of the molecule is CN(CC(=O)ON1C(=O)c2ccccc2C1=O)C(=O)Nc1cccc2ccccc12. The van der Waals surface area contributed by atoms with Crippen LogP contribution in [0.5, 0.6) is 0 Å². The summed E-state index contributed by atoms with van der Waals surface area (Å²) >= 11 is 0. The van der Waals surface area contributed by atoms with Crippen LogP contribution in [-0.2, 0) is 9.63 Å². The predicted octanol–water partition coefficient (Wildman–Crippen LogP) is 3.06. The van der Waals surface area contributed by atoms with Gasteiger partial charge in [-0.05, 0) is 23.6 Å². The highest BCUT2D eigenvalue weighted by molar-refractivity contribution is 6.20. The van der Waals surface area contributed by atoms with Crippen molar-refractivity contribution in [1.82, 2.24) is 9.96 Å². The highest BCUT2D eigenvalue weighted by Crippen LogP contribution is 2.24. The summed E-state index contributed by atoms with van der Waals surface area (Å²) in [6.07, 6.45) is 0. The van der Waals surface area contributed by atoms with Gasteiger partial charge in [0.1, 0.15) is 6.54 Å². The fourth-order valence-corrected chi connectivity index (χ4v) is 3.19. The zero-order chi connectivity index (χ0) is 21.3. The van der Waals surface area contributed by atoms with Gasteiger partial charge in [-0.3, -0.25) is 9.59 Å². The minimum absolute atomic E-state index is 0.164. The van der Waals surface area contributed by atoms with E-state index in [1.54, 1.807) is 18.2 Å². The standard InChI is InChI=1S/C22H17N3O5/c1-24(22(29)23-18-12-6-8-14-7-2-3-9-15(14)18)13-19(26)30-25-20(27)16-10-4-5-11-17(16)21(25)28/h2-12H,13H2,1H3,(H,23,29). The summed E-state index contributed by atoms with van der Waals surface area (Å²) in [6, 6.07) is 18.7. The first-order valence-corrected chi connectivity index (χ1v) is 9.14. The van der Waals surface area contributed by atoms with Gasteiger partial charge in [-0.15, -0.1) is 0 Å². The molecule has 4 amide bonds. The molecule has 0 atom stereocenters. The molecule has 0 aromatic heterocycles. The Morgan fingerprint density at radius 1 is 0.900 bits per heavy atom. The summed E-state index contributed by atoms with van der Waals surface area (Å²) in [5.41, 5.74) is 0.924. The lowest BCUT2D eigenvalue weighted by molar-refractivity contribution is -0.168. The third kappa shape index (κ3) is 3.46. The maximum atomic E-state index is 12.5. The van der Waals surface area contributed by atoms with E-state index in [4.69, 9.17) is 4.84 Å². The third-order valence-corrected chi connectivity index (χ3v) is 4.69. The Morgan fingerprint density at radius 3 is 2.20 bits per heavy atom. The van der Waals surface area contributed by atoms with Gasteiger partial charge >= 0.3 is 12.0 Å². The summed E-state index contributed by atoms with van der Waals surface area (Å²) in [4.78, 5) is 55.3. The molecule has 1 aliphatic heterocycles. The Labute approximate surface area is 171 Å². The zero-order valence-electron chi connectivity index (χ0n) is 16.0. The fraction of sp³-hybridized carbons (Fsp3) is 0.0909. The Morgan fingerprint density at radius 2 is 1.50 bits per heavy atom. The molecule has 0 radical (unpaired) electrons. The Kier molecular flexibility index (Phi) is 4.89. The van der Waals surface area contributed by atoms with Crippen LogP contribution in [0.3, 0.4) is 0 Å². The lowest BCUT2D eigenvalue weighted by Gasteiger charge is -2.19. The number of urea groups is 1. The monoisotopic (exact) mass is 403 g/mol. The van der Waals surface area contributed by atoms with E-state index in [1.807, 2.05) is 36.4 Å². The average molecular weight is 403 g/mol. The molecule has 1 aliphatic rings. The molecular formula is C22H17N3O5. The molecule has 4 rings (SSSR count). The van der Waals surface area contributed by atoms with E-state index >= 15 is 0 Å². The van der Waals surface area contributed by atoms with Crippen LogP contribution in [0, 0.1) is 0 Å². The average Bonchev–Trinajstić information content (AvgIpc) is 2.99. The molecule has 0 saturated carbocycles. The summed E-state index contributed by atoms with van der Waals surface area (Å²) in [6.45, 7) is -0.454. The van der Waals surface area contributed by atoms with Crippen molar-refractivity contribution in [3.63, 3.8) is 0 Å². The predicted molar refractivity (Wildman–Crippen MR) is 109 cm³/mol. The van der Waals surface area contributed by atoms with Crippen LogP contribution >= 0.6 is 0 Å². The van der Waals surface area contributed by atoms with Crippen LogP contribution < -0.4 is 5.32 Å². The maximum absolute atomic E-state index is 12.5. The van der Waals surface area contributed by atoms with Gasteiger partial charge in [0.15, 0.2) is 0 Å². The van der Waals surface area contributed by atoms with E-state index in [1.165, 1.54) is 19.2 Å². The van der Waals surface area contributed by atoms with Gasteiger partial charge in [0, 0.05) is 12.4 Å². The van der Waals surface area contributed by atoms with Crippen LogP contribution in [0.4, 0.5) is 10.5 Å². The van der Waals surface area contributed by atoms with Gasteiger partial charge in [0.25, 0.3) is 11.8 Å². The van der Waals surface area contributed by atoms with Gasteiger partial charge < -0.3 is 15.1 Å². The third-order valence-electron chi connectivity index (χ3n) is 4.69. The number of likely N-dealkylation sites (N-methyl/N-ethyl adjacent to an activating group) is 1. The summed E-state index contributed by atoms with van der Waals surface area (Å²) in [5.74, 6) is -2.35. The van der Waals surface area contributed by atoms with Crippen LogP contribution in [0.15, 0.2) is 66.7 Å². The molecule has 0 spiro atoms. The second-order valence-corrected chi connectivity index (χ2v) is 6.73. The van der Waals surface area contributed by atoms with Crippen LogP contribution in [0.25, 0.3) is 10.8 Å². The summed E-state index contributed by atoms with van der Waals surface area (Å²) in [5, 5.41) is 4.99.